The average Bonchev–Trinajstić information content (AvgIpc) is 3.31. The van der Waals surface area contributed by atoms with Crippen LogP contribution < -0.4 is 0 Å². The lowest BCUT2D eigenvalue weighted by atomic mass is 9.97. The Kier molecular flexibility index (Phi) is 4.27. The lowest BCUT2D eigenvalue weighted by Crippen LogP contribution is -2.39. The zero-order chi connectivity index (χ0) is 17.2. The van der Waals surface area contributed by atoms with Crippen LogP contribution in [0.3, 0.4) is 0 Å². The number of carbonyl (C=O) groups excluding carboxylic acids is 1. The van der Waals surface area contributed by atoms with Crippen LogP contribution >= 0.6 is 11.3 Å². The summed E-state index contributed by atoms with van der Waals surface area (Å²) >= 11 is 1.53. The zero-order valence-electron chi connectivity index (χ0n) is 13.8. The number of aryl methyl sites for hydroxylation is 1. The SMILES string of the molecule is Cc1ccc(C(=O)N2CCCC(c3noc(-c4cnccn4)n3)C2)s1. The molecule has 1 aliphatic rings. The number of hydrogen-bond acceptors (Lipinski definition) is 7. The predicted octanol–water partition coefficient (Wildman–Crippen LogP) is 2.92. The van der Waals surface area contributed by atoms with E-state index in [4.69, 9.17) is 4.52 Å². The van der Waals surface area contributed by atoms with Gasteiger partial charge in [-0.1, -0.05) is 5.16 Å². The fourth-order valence-electron chi connectivity index (χ4n) is 2.99. The van der Waals surface area contributed by atoms with Crippen LogP contribution in [0, 0.1) is 6.92 Å². The van der Waals surface area contributed by atoms with Crippen LogP contribution in [-0.4, -0.2) is 44.0 Å². The zero-order valence-corrected chi connectivity index (χ0v) is 14.6. The van der Waals surface area contributed by atoms with Gasteiger partial charge in [0.05, 0.1) is 11.1 Å². The Labute approximate surface area is 148 Å². The molecular weight excluding hydrogens is 338 g/mol. The molecule has 8 heteroatoms. The summed E-state index contributed by atoms with van der Waals surface area (Å²) in [6.45, 7) is 3.38. The van der Waals surface area contributed by atoms with Gasteiger partial charge in [-0.2, -0.15) is 4.98 Å². The van der Waals surface area contributed by atoms with E-state index in [2.05, 4.69) is 20.1 Å². The molecule has 1 amide bonds. The first-order chi connectivity index (χ1) is 12.2. The standard InChI is InChI=1S/C17H17N5O2S/c1-11-4-5-14(25-11)17(23)22-8-2-3-12(10-22)15-20-16(24-21-15)13-9-18-6-7-19-13/h4-7,9,12H,2-3,8,10H2,1H3. The van der Waals surface area contributed by atoms with Crippen molar-refractivity contribution in [2.45, 2.75) is 25.7 Å². The molecule has 1 aliphatic heterocycles. The van der Waals surface area contributed by atoms with Crippen molar-refractivity contribution in [1.82, 2.24) is 25.0 Å². The van der Waals surface area contributed by atoms with E-state index in [9.17, 15) is 4.79 Å². The fourth-order valence-corrected chi connectivity index (χ4v) is 3.83. The number of amides is 1. The third kappa shape index (κ3) is 3.30. The molecule has 0 N–H and O–H groups in total. The molecule has 25 heavy (non-hydrogen) atoms. The Morgan fingerprint density at radius 3 is 3.04 bits per heavy atom. The summed E-state index contributed by atoms with van der Waals surface area (Å²) < 4.78 is 5.32. The van der Waals surface area contributed by atoms with Gasteiger partial charge in [-0.15, -0.1) is 11.3 Å². The van der Waals surface area contributed by atoms with Crippen LogP contribution in [-0.2, 0) is 0 Å². The highest BCUT2D eigenvalue weighted by Crippen LogP contribution is 2.28. The average molecular weight is 355 g/mol. The van der Waals surface area contributed by atoms with Gasteiger partial charge in [-0.25, -0.2) is 4.98 Å². The molecule has 128 valence electrons. The summed E-state index contributed by atoms with van der Waals surface area (Å²) in [6, 6.07) is 3.87. The monoisotopic (exact) mass is 355 g/mol. The van der Waals surface area contributed by atoms with Gasteiger partial charge in [0, 0.05) is 36.3 Å². The van der Waals surface area contributed by atoms with Gasteiger partial charge in [0.1, 0.15) is 5.69 Å². The minimum atomic E-state index is 0.0768. The predicted molar refractivity (Wildman–Crippen MR) is 92.3 cm³/mol. The molecule has 0 bridgehead atoms. The number of thiophene rings is 1. The first kappa shape index (κ1) is 15.9. The van der Waals surface area contributed by atoms with Crippen molar-refractivity contribution in [2.24, 2.45) is 0 Å². The van der Waals surface area contributed by atoms with Gasteiger partial charge in [-0.05, 0) is 31.9 Å². The number of likely N-dealkylation sites (tertiary alicyclic amines) is 1. The third-order valence-corrected chi connectivity index (χ3v) is 5.24. The highest BCUT2D eigenvalue weighted by Gasteiger charge is 2.29. The second kappa shape index (κ2) is 6.72. The Morgan fingerprint density at radius 1 is 1.36 bits per heavy atom. The van der Waals surface area contributed by atoms with Crippen molar-refractivity contribution in [3.63, 3.8) is 0 Å². The molecule has 1 unspecified atom stereocenters. The van der Waals surface area contributed by atoms with E-state index in [1.165, 1.54) is 11.3 Å². The number of aromatic nitrogens is 4. The van der Waals surface area contributed by atoms with Gasteiger partial charge in [0.2, 0.25) is 0 Å². The minimum absolute atomic E-state index is 0.0768. The molecule has 0 saturated carbocycles. The molecule has 4 heterocycles. The second-order valence-corrected chi connectivity index (χ2v) is 7.34. The van der Waals surface area contributed by atoms with Crippen LogP contribution in [0.4, 0.5) is 0 Å². The number of piperidine rings is 1. The first-order valence-corrected chi connectivity index (χ1v) is 8.98. The number of rotatable bonds is 3. The molecule has 4 rings (SSSR count). The Hall–Kier alpha value is -2.61. The van der Waals surface area contributed by atoms with Crippen LogP contribution in [0.2, 0.25) is 0 Å². The Morgan fingerprint density at radius 2 is 2.28 bits per heavy atom. The van der Waals surface area contributed by atoms with Crippen LogP contribution in [0.1, 0.15) is 39.1 Å². The van der Waals surface area contributed by atoms with Crippen molar-refractivity contribution < 1.29 is 9.32 Å². The second-order valence-electron chi connectivity index (χ2n) is 6.05. The van der Waals surface area contributed by atoms with E-state index in [1.807, 2.05) is 24.0 Å². The lowest BCUT2D eigenvalue weighted by Gasteiger charge is -2.30. The maximum absolute atomic E-state index is 12.7. The molecule has 0 radical (unpaired) electrons. The lowest BCUT2D eigenvalue weighted by molar-refractivity contribution is 0.0708. The van der Waals surface area contributed by atoms with Crippen molar-refractivity contribution >= 4 is 17.2 Å². The largest absolute Gasteiger partial charge is 0.337 e. The molecule has 0 aliphatic carbocycles. The summed E-state index contributed by atoms with van der Waals surface area (Å²) in [6.07, 6.45) is 6.64. The van der Waals surface area contributed by atoms with Crippen molar-refractivity contribution in [2.75, 3.05) is 13.1 Å². The minimum Gasteiger partial charge on any atom is -0.337 e. The topological polar surface area (TPSA) is 85.0 Å². The van der Waals surface area contributed by atoms with Crippen LogP contribution in [0.5, 0.6) is 0 Å². The van der Waals surface area contributed by atoms with E-state index in [0.29, 0.717) is 24.0 Å². The summed E-state index contributed by atoms with van der Waals surface area (Å²) in [5, 5.41) is 4.10. The van der Waals surface area contributed by atoms with Crippen LogP contribution in [0.25, 0.3) is 11.6 Å². The highest BCUT2D eigenvalue weighted by molar-refractivity contribution is 7.13. The van der Waals surface area contributed by atoms with Crippen molar-refractivity contribution in [3.05, 3.63) is 46.3 Å². The van der Waals surface area contributed by atoms with E-state index in [-0.39, 0.29) is 11.8 Å². The fraction of sp³-hybridized carbons (Fsp3) is 0.353. The van der Waals surface area contributed by atoms with E-state index in [0.717, 1.165) is 29.1 Å². The van der Waals surface area contributed by atoms with E-state index in [1.54, 1.807) is 18.6 Å². The molecule has 1 atom stereocenters. The van der Waals surface area contributed by atoms with E-state index >= 15 is 0 Å². The summed E-state index contributed by atoms with van der Waals surface area (Å²) in [4.78, 5) is 29.1. The van der Waals surface area contributed by atoms with Gasteiger partial charge >= 0.3 is 0 Å². The maximum Gasteiger partial charge on any atom is 0.278 e. The molecule has 0 aromatic carbocycles. The molecule has 3 aromatic rings. The smallest absolute Gasteiger partial charge is 0.278 e. The number of carbonyl (C=O) groups is 1. The maximum atomic E-state index is 12.7. The van der Waals surface area contributed by atoms with E-state index < -0.39 is 0 Å². The van der Waals surface area contributed by atoms with Crippen LogP contribution in [0.15, 0.2) is 35.2 Å². The number of nitrogens with zero attached hydrogens (tertiary/aromatic N) is 5. The molecule has 7 nitrogen and oxygen atoms in total. The molecular formula is C17H17N5O2S. The molecule has 1 fully saturated rings. The van der Waals surface area contributed by atoms with Gasteiger partial charge in [-0.3, -0.25) is 9.78 Å². The van der Waals surface area contributed by atoms with Crippen molar-refractivity contribution in [3.8, 4) is 11.6 Å². The Balaban J connectivity index is 1.50. The summed E-state index contributed by atoms with van der Waals surface area (Å²) in [7, 11) is 0. The molecule has 3 aromatic heterocycles. The highest BCUT2D eigenvalue weighted by atomic mass is 32.1. The third-order valence-electron chi connectivity index (χ3n) is 4.25. The number of hydrogen-bond donors (Lipinski definition) is 0. The normalized spacial score (nSPS) is 17.6. The van der Waals surface area contributed by atoms with Gasteiger partial charge in [0.15, 0.2) is 5.82 Å². The molecule has 1 saturated heterocycles. The summed E-state index contributed by atoms with van der Waals surface area (Å²) in [5.41, 5.74) is 0.555. The quantitative estimate of drug-likeness (QED) is 0.718. The van der Waals surface area contributed by atoms with Gasteiger partial charge in [0.25, 0.3) is 11.8 Å². The summed E-state index contributed by atoms with van der Waals surface area (Å²) in [5.74, 6) is 1.15. The molecule has 0 spiro atoms. The van der Waals surface area contributed by atoms with Crippen molar-refractivity contribution in [1.29, 1.82) is 0 Å². The Bertz CT molecular complexity index is 876. The first-order valence-electron chi connectivity index (χ1n) is 8.16. The van der Waals surface area contributed by atoms with Gasteiger partial charge < -0.3 is 9.42 Å².